The third kappa shape index (κ3) is 4.09. The second kappa shape index (κ2) is 9.01. The molecule has 2 aromatic rings. The first-order valence-electron chi connectivity index (χ1n) is 11.8. The predicted octanol–water partition coefficient (Wildman–Crippen LogP) is 5.60. The molecule has 4 rings (SSSR count). The van der Waals surface area contributed by atoms with E-state index in [1.54, 1.807) is 6.20 Å². The van der Waals surface area contributed by atoms with Gasteiger partial charge in [0.1, 0.15) is 0 Å². The molecular formula is C25H34FN3O2. The maximum absolute atomic E-state index is 15.4. The van der Waals surface area contributed by atoms with Gasteiger partial charge in [0.2, 0.25) is 5.43 Å². The van der Waals surface area contributed by atoms with Crippen LogP contribution < -0.4 is 16.5 Å². The van der Waals surface area contributed by atoms with Crippen molar-refractivity contribution in [1.82, 2.24) is 4.57 Å². The molecule has 0 unspecified atom stereocenters. The largest absolute Gasteiger partial charge is 0.396 e. The Morgan fingerprint density at radius 1 is 1.23 bits per heavy atom. The molecule has 1 atom stereocenters. The standard InChI is InChI=1S/C25H34FN3O2/c1-15-8-6-12-18-23(28-13-7-11-17-9-4-3-5-10-17)21(26)22(27)20-24(18)29(15)14-19(16(2)30)25(20)31/h14-15,17,28H,3-13,27H2,1-2H3/t15-/m0/s1. The van der Waals surface area contributed by atoms with Gasteiger partial charge in [-0.2, -0.15) is 0 Å². The number of hydrogen-bond acceptors (Lipinski definition) is 4. The van der Waals surface area contributed by atoms with Crippen LogP contribution in [0.4, 0.5) is 15.8 Å². The number of carbonyl (C=O) groups excluding carboxylic acids is 1. The van der Waals surface area contributed by atoms with E-state index >= 15 is 4.39 Å². The Labute approximate surface area is 183 Å². The Hall–Kier alpha value is -2.37. The van der Waals surface area contributed by atoms with E-state index < -0.39 is 11.2 Å². The van der Waals surface area contributed by atoms with Crippen LogP contribution in [-0.2, 0) is 6.42 Å². The Balaban J connectivity index is 1.73. The number of Topliss-reactive ketones (excluding diaryl/α,β-unsaturated/α-hetero) is 1. The average molecular weight is 428 g/mol. The SMILES string of the molecule is CC(=O)c1cn2c3c(c(NCCCC4CCCCC4)c(F)c(N)c3c1=O)CCC[C@@H]2C. The van der Waals surface area contributed by atoms with E-state index in [9.17, 15) is 9.59 Å². The van der Waals surface area contributed by atoms with Crippen LogP contribution in [0.2, 0.25) is 0 Å². The highest BCUT2D eigenvalue weighted by atomic mass is 19.1. The fraction of sp³-hybridized carbons (Fsp3) is 0.600. The van der Waals surface area contributed by atoms with E-state index in [2.05, 4.69) is 12.2 Å². The summed E-state index contributed by atoms with van der Waals surface area (Å²) in [5, 5.41) is 3.48. The van der Waals surface area contributed by atoms with Crippen molar-refractivity contribution in [3.8, 4) is 0 Å². The number of nitrogens with two attached hydrogens (primary N) is 1. The molecule has 1 aliphatic carbocycles. The van der Waals surface area contributed by atoms with Gasteiger partial charge in [0.05, 0.1) is 27.8 Å². The number of ketones is 1. The van der Waals surface area contributed by atoms with Crippen LogP contribution in [0, 0.1) is 11.7 Å². The average Bonchev–Trinajstić information content (AvgIpc) is 2.91. The topological polar surface area (TPSA) is 77.1 Å². The van der Waals surface area contributed by atoms with Crippen molar-refractivity contribution in [2.75, 3.05) is 17.6 Å². The molecule has 1 aromatic carbocycles. The normalized spacial score (nSPS) is 19.4. The van der Waals surface area contributed by atoms with Crippen molar-refractivity contribution in [1.29, 1.82) is 0 Å². The van der Waals surface area contributed by atoms with Gasteiger partial charge in [-0.05, 0) is 51.9 Å². The van der Waals surface area contributed by atoms with E-state index in [0.29, 0.717) is 24.2 Å². The minimum Gasteiger partial charge on any atom is -0.396 e. The zero-order chi connectivity index (χ0) is 22.1. The molecule has 3 N–H and O–H groups in total. The van der Waals surface area contributed by atoms with Crippen molar-refractivity contribution in [3.63, 3.8) is 0 Å². The Bertz CT molecular complexity index is 1050. The van der Waals surface area contributed by atoms with Gasteiger partial charge in [-0.1, -0.05) is 32.1 Å². The number of rotatable bonds is 6. The van der Waals surface area contributed by atoms with Gasteiger partial charge in [0, 0.05) is 24.3 Å². The summed E-state index contributed by atoms with van der Waals surface area (Å²) in [6.07, 6.45) is 12.9. The Morgan fingerprint density at radius 3 is 2.68 bits per heavy atom. The van der Waals surface area contributed by atoms with Crippen molar-refractivity contribution >= 4 is 28.1 Å². The van der Waals surface area contributed by atoms with Crippen LogP contribution >= 0.6 is 0 Å². The molecule has 5 nitrogen and oxygen atoms in total. The fourth-order valence-electron chi connectivity index (χ4n) is 5.50. The van der Waals surface area contributed by atoms with Gasteiger partial charge in [0.25, 0.3) is 0 Å². The quantitative estimate of drug-likeness (QED) is 0.358. The predicted molar refractivity (Wildman–Crippen MR) is 125 cm³/mol. The Kier molecular flexibility index (Phi) is 6.35. The molecule has 0 bridgehead atoms. The molecular weight excluding hydrogens is 393 g/mol. The molecule has 1 saturated carbocycles. The summed E-state index contributed by atoms with van der Waals surface area (Å²) in [5.41, 5.74) is 7.59. The summed E-state index contributed by atoms with van der Waals surface area (Å²) < 4.78 is 17.4. The monoisotopic (exact) mass is 427 g/mol. The minimum absolute atomic E-state index is 0.0755. The molecule has 6 heteroatoms. The number of pyridine rings is 1. The number of carbonyl (C=O) groups is 1. The Morgan fingerprint density at radius 2 is 1.97 bits per heavy atom. The van der Waals surface area contributed by atoms with Crippen LogP contribution in [0.5, 0.6) is 0 Å². The molecule has 1 aromatic heterocycles. The number of halogens is 1. The summed E-state index contributed by atoms with van der Waals surface area (Å²) in [4.78, 5) is 25.1. The minimum atomic E-state index is -0.556. The maximum Gasteiger partial charge on any atom is 0.202 e. The van der Waals surface area contributed by atoms with E-state index in [-0.39, 0.29) is 28.5 Å². The lowest BCUT2D eigenvalue weighted by Crippen LogP contribution is -2.22. The summed E-state index contributed by atoms with van der Waals surface area (Å²) >= 11 is 0. The third-order valence-corrected chi connectivity index (χ3v) is 7.27. The molecule has 1 aliphatic heterocycles. The van der Waals surface area contributed by atoms with Crippen LogP contribution in [0.1, 0.15) is 93.6 Å². The van der Waals surface area contributed by atoms with Gasteiger partial charge >= 0.3 is 0 Å². The molecule has 0 saturated heterocycles. The first-order valence-corrected chi connectivity index (χ1v) is 11.8. The van der Waals surface area contributed by atoms with Gasteiger partial charge in [-0.15, -0.1) is 0 Å². The van der Waals surface area contributed by atoms with Gasteiger partial charge < -0.3 is 15.6 Å². The fourth-order valence-corrected chi connectivity index (χ4v) is 5.50. The van der Waals surface area contributed by atoms with Gasteiger partial charge in [0.15, 0.2) is 11.6 Å². The van der Waals surface area contributed by atoms with Crippen molar-refractivity contribution in [3.05, 3.63) is 33.4 Å². The van der Waals surface area contributed by atoms with Gasteiger partial charge in [-0.25, -0.2) is 4.39 Å². The number of hydrogen-bond donors (Lipinski definition) is 2. The number of benzene rings is 1. The van der Waals surface area contributed by atoms with E-state index in [4.69, 9.17) is 5.73 Å². The van der Waals surface area contributed by atoms with E-state index in [0.717, 1.165) is 37.2 Å². The number of nitrogen functional groups attached to an aromatic ring is 1. The summed E-state index contributed by atoms with van der Waals surface area (Å²) in [7, 11) is 0. The molecule has 0 radical (unpaired) electrons. The number of nitrogens with zero attached hydrogens (tertiary/aromatic N) is 1. The number of aryl methyl sites for hydroxylation is 1. The number of nitrogens with one attached hydrogen (secondary N) is 1. The first kappa shape index (κ1) is 21.8. The smallest absolute Gasteiger partial charge is 0.202 e. The summed E-state index contributed by atoms with van der Waals surface area (Å²) in [5.74, 6) is -0.0860. The molecule has 2 aliphatic rings. The van der Waals surface area contributed by atoms with Crippen LogP contribution in [-0.4, -0.2) is 16.9 Å². The highest BCUT2D eigenvalue weighted by Crippen LogP contribution is 2.39. The summed E-state index contributed by atoms with van der Waals surface area (Å²) in [6, 6.07) is 0.103. The molecule has 0 amide bonds. The molecule has 31 heavy (non-hydrogen) atoms. The highest BCUT2D eigenvalue weighted by Gasteiger charge is 2.27. The second-order valence-electron chi connectivity index (χ2n) is 9.45. The van der Waals surface area contributed by atoms with Crippen LogP contribution in [0.25, 0.3) is 10.9 Å². The molecule has 0 spiro atoms. The van der Waals surface area contributed by atoms with Crippen molar-refractivity contribution < 1.29 is 9.18 Å². The van der Waals surface area contributed by atoms with Crippen LogP contribution in [0.3, 0.4) is 0 Å². The van der Waals surface area contributed by atoms with E-state index in [1.807, 2.05) is 4.57 Å². The summed E-state index contributed by atoms with van der Waals surface area (Å²) in [6.45, 7) is 4.13. The number of aromatic nitrogens is 1. The molecule has 168 valence electrons. The highest BCUT2D eigenvalue weighted by molar-refractivity contribution is 6.03. The second-order valence-corrected chi connectivity index (χ2v) is 9.45. The van der Waals surface area contributed by atoms with Crippen molar-refractivity contribution in [2.24, 2.45) is 5.92 Å². The zero-order valence-corrected chi connectivity index (χ0v) is 18.7. The molecule has 1 fully saturated rings. The lowest BCUT2D eigenvalue weighted by Gasteiger charge is -2.23. The molecule has 2 heterocycles. The zero-order valence-electron chi connectivity index (χ0n) is 18.7. The van der Waals surface area contributed by atoms with Crippen molar-refractivity contribution in [2.45, 2.75) is 84.1 Å². The number of anilines is 2. The first-order chi connectivity index (χ1) is 14.9. The van der Waals surface area contributed by atoms with Crippen LogP contribution in [0.15, 0.2) is 11.0 Å². The van der Waals surface area contributed by atoms with E-state index in [1.165, 1.54) is 39.0 Å². The lowest BCUT2D eigenvalue weighted by molar-refractivity contribution is 0.101. The van der Waals surface area contributed by atoms with Gasteiger partial charge in [-0.3, -0.25) is 9.59 Å². The third-order valence-electron chi connectivity index (χ3n) is 7.27. The maximum atomic E-state index is 15.4. The lowest BCUT2D eigenvalue weighted by atomic mass is 9.86.